The Kier molecular flexibility index (Phi) is 9.85. The van der Waals surface area contributed by atoms with E-state index in [-0.39, 0.29) is 42.4 Å². The monoisotopic (exact) mass is 482 g/mol. The number of esters is 1. The Morgan fingerprint density at radius 3 is 2.85 bits per heavy atom. The third kappa shape index (κ3) is 7.75. The lowest BCUT2D eigenvalue weighted by Crippen LogP contribution is -2.22. The minimum atomic E-state index is -1.03. The summed E-state index contributed by atoms with van der Waals surface area (Å²) in [5.74, 6) is -1.41. The highest BCUT2D eigenvalue weighted by Crippen LogP contribution is 2.42. The second-order valence-corrected chi connectivity index (χ2v) is 9.63. The molecule has 1 aliphatic carbocycles. The Hall–Kier alpha value is -2.03. The molecule has 0 bridgehead atoms. The molecule has 8 heteroatoms. The zero-order valence-electron chi connectivity index (χ0n) is 19.9. The molecule has 0 aromatic heterocycles. The Labute approximate surface area is 199 Å². The fourth-order valence-corrected chi connectivity index (χ4v) is 4.87. The summed E-state index contributed by atoms with van der Waals surface area (Å²) in [5, 5.41) is 20.8. The quantitative estimate of drug-likeness (QED) is 0.385. The van der Waals surface area contributed by atoms with E-state index in [1.54, 1.807) is 6.08 Å². The fraction of sp³-hybridized carbons (Fsp3) is 0.654. The first-order valence-corrected chi connectivity index (χ1v) is 12.2. The Balaban J connectivity index is 1.47. The number of fused-ring (bicyclic) bond motifs is 1. The average molecular weight is 483 g/mol. The summed E-state index contributed by atoms with van der Waals surface area (Å²) < 4.78 is 43.4. The van der Waals surface area contributed by atoms with Crippen LogP contribution in [0.25, 0.3) is 0 Å². The first kappa shape index (κ1) is 26.6. The first-order valence-electron chi connectivity index (χ1n) is 12.2. The summed E-state index contributed by atoms with van der Waals surface area (Å²) in [7, 11) is 0. The van der Waals surface area contributed by atoms with Crippen LogP contribution in [0.1, 0.15) is 52.4 Å². The van der Waals surface area contributed by atoms with E-state index < -0.39 is 23.8 Å². The molecule has 1 heterocycles. The van der Waals surface area contributed by atoms with Gasteiger partial charge in [-0.05, 0) is 63.5 Å². The van der Waals surface area contributed by atoms with Gasteiger partial charge in [0.25, 0.3) is 0 Å². The average Bonchev–Trinajstić information content (AvgIpc) is 2.94. The van der Waals surface area contributed by atoms with Crippen LogP contribution in [0.15, 0.2) is 30.4 Å². The summed E-state index contributed by atoms with van der Waals surface area (Å²) >= 11 is 0. The van der Waals surface area contributed by atoms with E-state index >= 15 is 0 Å². The maximum atomic E-state index is 13.7. The van der Waals surface area contributed by atoms with Crippen LogP contribution in [-0.4, -0.2) is 53.8 Å². The lowest BCUT2D eigenvalue weighted by atomic mass is 9.86. The van der Waals surface area contributed by atoms with Crippen molar-refractivity contribution in [3.63, 3.8) is 0 Å². The summed E-state index contributed by atoms with van der Waals surface area (Å²) in [4.78, 5) is 11.7. The van der Waals surface area contributed by atoms with Crippen LogP contribution in [0, 0.1) is 29.4 Å². The van der Waals surface area contributed by atoms with Gasteiger partial charge in [0.1, 0.15) is 18.5 Å². The number of halogens is 2. The van der Waals surface area contributed by atoms with Crippen LogP contribution in [0.2, 0.25) is 0 Å². The largest absolute Gasteiger partial charge is 0.487 e. The van der Waals surface area contributed by atoms with Gasteiger partial charge in [-0.25, -0.2) is 8.78 Å². The van der Waals surface area contributed by atoms with Crippen molar-refractivity contribution in [3.05, 3.63) is 42.0 Å². The van der Waals surface area contributed by atoms with Crippen molar-refractivity contribution >= 4 is 5.97 Å². The van der Waals surface area contributed by atoms with Gasteiger partial charge in [0.05, 0.1) is 18.3 Å². The van der Waals surface area contributed by atoms with Crippen molar-refractivity contribution in [2.45, 2.75) is 76.8 Å². The molecule has 6 atom stereocenters. The summed E-state index contributed by atoms with van der Waals surface area (Å²) in [6.45, 7) is 4.06. The van der Waals surface area contributed by atoms with Gasteiger partial charge in [-0.3, -0.25) is 4.79 Å². The molecule has 3 rings (SSSR count). The van der Waals surface area contributed by atoms with Crippen molar-refractivity contribution in [2.24, 2.45) is 17.8 Å². The number of carbonyl (C=O) groups excluding carboxylic acids is 1. The Morgan fingerprint density at radius 2 is 2.09 bits per heavy atom. The van der Waals surface area contributed by atoms with Crippen molar-refractivity contribution in [1.82, 2.24) is 0 Å². The molecule has 1 aromatic rings. The number of aliphatic hydroxyl groups is 2. The minimum Gasteiger partial charge on any atom is -0.487 e. The number of ether oxygens (including phenoxy) is 3. The number of carbonyl (C=O) groups is 1. The molecule has 2 aliphatic rings. The molecule has 1 aromatic carbocycles. The summed E-state index contributed by atoms with van der Waals surface area (Å²) in [6, 6.07) is 2.90. The van der Waals surface area contributed by atoms with Crippen LogP contribution in [0.4, 0.5) is 8.78 Å². The van der Waals surface area contributed by atoms with Gasteiger partial charge >= 0.3 is 5.97 Å². The van der Waals surface area contributed by atoms with Gasteiger partial charge in [-0.1, -0.05) is 12.2 Å². The molecule has 0 amide bonds. The molecule has 6 nitrogen and oxygen atoms in total. The second kappa shape index (κ2) is 12.6. The van der Waals surface area contributed by atoms with Crippen LogP contribution in [-0.2, 0) is 14.3 Å². The number of hydrogen-bond acceptors (Lipinski definition) is 6. The van der Waals surface area contributed by atoms with Crippen molar-refractivity contribution < 1.29 is 38.0 Å². The van der Waals surface area contributed by atoms with Crippen molar-refractivity contribution in [1.29, 1.82) is 0 Å². The van der Waals surface area contributed by atoms with E-state index in [1.165, 1.54) is 6.08 Å². The first-order chi connectivity index (χ1) is 16.2. The van der Waals surface area contributed by atoms with Gasteiger partial charge < -0.3 is 24.4 Å². The lowest BCUT2D eigenvalue weighted by molar-refractivity contribution is -0.147. The van der Waals surface area contributed by atoms with Crippen LogP contribution in [0.5, 0.6) is 5.75 Å². The SMILES string of the molecule is CC(C)OC(=O)CCC[C@H]1CC[C@@H]2[C@@H](C=C[C@@H](O)COc3cc(F)ccc3F)[C@@H](O)C[C@@H]2OC1. The smallest absolute Gasteiger partial charge is 0.306 e. The van der Waals surface area contributed by atoms with Gasteiger partial charge in [-0.15, -0.1) is 0 Å². The molecular weight excluding hydrogens is 446 g/mol. The van der Waals surface area contributed by atoms with Gasteiger partial charge in [-0.2, -0.15) is 0 Å². The minimum absolute atomic E-state index is 0.0460. The van der Waals surface area contributed by atoms with E-state index in [4.69, 9.17) is 14.2 Å². The Morgan fingerprint density at radius 1 is 1.29 bits per heavy atom. The van der Waals surface area contributed by atoms with E-state index in [0.29, 0.717) is 25.4 Å². The predicted molar refractivity (Wildman–Crippen MR) is 122 cm³/mol. The standard InChI is InChI=1S/C26H36F2O6/c1-16(2)34-26(31)5-3-4-17-6-9-21-20(23(30)13-24(21)32-14-17)10-8-19(29)15-33-25-12-18(27)7-11-22(25)28/h7-8,10-12,16-17,19-21,23-24,29-30H,3-6,9,13-15H2,1-2H3/t17-,19+,20+,21+,23-,24-/m0/s1. The van der Waals surface area contributed by atoms with Gasteiger partial charge in [0.2, 0.25) is 0 Å². The molecule has 0 unspecified atom stereocenters. The zero-order valence-corrected chi connectivity index (χ0v) is 19.9. The number of rotatable bonds is 10. The van der Waals surface area contributed by atoms with Crippen molar-refractivity contribution in [3.8, 4) is 5.75 Å². The predicted octanol–water partition coefficient (Wildman–Crippen LogP) is 4.17. The Bertz CT molecular complexity index is 830. The highest BCUT2D eigenvalue weighted by Gasteiger charge is 2.43. The maximum absolute atomic E-state index is 13.7. The van der Waals surface area contributed by atoms with Gasteiger partial charge in [0, 0.05) is 31.4 Å². The summed E-state index contributed by atoms with van der Waals surface area (Å²) in [5.41, 5.74) is 0. The number of hydrogen-bond donors (Lipinski definition) is 2. The third-order valence-corrected chi connectivity index (χ3v) is 6.56. The highest BCUT2D eigenvalue weighted by molar-refractivity contribution is 5.69. The van der Waals surface area contributed by atoms with Crippen LogP contribution in [0.3, 0.4) is 0 Å². The van der Waals surface area contributed by atoms with Crippen LogP contribution >= 0.6 is 0 Å². The molecule has 0 radical (unpaired) electrons. The normalized spacial score (nSPS) is 28.0. The molecule has 190 valence electrons. The third-order valence-electron chi connectivity index (χ3n) is 6.56. The summed E-state index contributed by atoms with van der Waals surface area (Å²) in [6.07, 6.45) is 6.02. The van der Waals surface area contributed by atoms with E-state index in [2.05, 4.69) is 0 Å². The lowest BCUT2D eigenvalue weighted by Gasteiger charge is -2.21. The van der Waals surface area contributed by atoms with E-state index in [9.17, 15) is 23.8 Å². The molecule has 34 heavy (non-hydrogen) atoms. The number of benzene rings is 1. The molecular formula is C26H36F2O6. The highest BCUT2D eigenvalue weighted by atomic mass is 19.1. The second-order valence-electron chi connectivity index (χ2n) is 9.63. The van der Waals surface area contributed by atoms with Gasteiger partial charge in [0.15, 0.2) is 11.6 Å². The van der Waals surface area contributed by atoms with E-state index in [1.807, 2.05) is 13.8 Å². The molecule has 0 spiro atoms. The van der Waals surface area contributed by atoms with Crippen LogP contribution < -0.4 is 4.74 Å². The molecule has 2 fully saturated rings. The maximum Gasteiger partial charge on any atom is 0.306 e. The molecule has 1 saturated heterocycles. The number of aliphatic hydroxyl groups excluding tert-OH is 2. The van der Waals surface area contributed by atoms with Crippen molar-refractivity contribution in [2.75, 3.05) is 13.2 Å². The molecule has 1 aliphatic heterocycles. The molecule has 2 N–H and O–H groups in total. The fourth-order valence-electron chi connectivity index (χ4n) is 4.87. The zero-order chi connectivity index (χ0) is 24.7. The van der Waals surface area contributed by atoms with E-state index in [0.717, 1.165) is 43.9 Å². The topological polar surface area (TPSA) is 85.2 Å². The molecule has 1 saturated carbocycles.